The van der Waals surface area contributed by atoms with Crippen LogP contribution in [0.3, 0.4) is 0 Å². The fourth-order valence-electron chi connectivity index (χ4n) is 3.40. The number of halogens is 3. The van der Waals surface area contributed by atoms with Crippen LogP contribution in [0.1, 0.15) is 113 Å². The number of nitrogens with one attached hydrogen (secondary N) is 1. The van der Waals surface area contributed by atoms with Crippen LogP contribution in [0.15, 0.2) is 48.7 Å². The topological polar surface area (TPSA) is 122 Å². The summed E-state index contributed by atoms with van der Waals surface area (Å²) in [7, 11) is 1.50. The van der Waals surface area contributed by atoms with Gasteiger partial charge in [-0.3, -0.25) is 9.78 Å². The standard InChI is InChI=1S/C11H24O.C10H8FN.C9H9ClFNO.C3H6O.2C2H6.CH5N.CH2O/c1-5-10(4)8-11(12)7-6-9(2)3;1-7-4-9-5-10(11)3-2-8(9)6-12-7;1-6(13)12-5-7-3-2-4-8(11)9(7)10;1-3(2)4;4*1-2/h9-12H,5-8H2,1-4H3;2-6H,1H3;2-4H,5H2,1H3,(H,12,13);1-2H3;2*1-2H3;2H2,1H3;1H2/t10-,11-;;;;;;;/m0......./s1. The highest BCUT2D eigenvalue weighted by Gasteiger charge is 2.09. The zero-order valence-corrected chi connectivity index (χ0v) is 33.2. The number of fused-ring (bicyclic) bond motifs is 1. The van der Waals surface area contributed by atoms with Crippen molar-refractivity contribution in [3.05, 3.63) is 76.6 Å². The van der Waals surface area contributed by atoms with Crippen LogP contribution >= 0.6 is 11.6 Å². The molecule has 3 aromatic rings. The molecule has 3 rings (SSSR count). The number of Topliss-reactive ketones (excluding diaryl/α,β-unsaturated/α-hetero) is 1. The lowest BCUT2D eigenvalue weighted by molar-refractivity contribution is -0.119. The molecule has 0 aliphatic rings. The van der Waals surface area contributed by atoms with Crippen molar-refractivity contribution < 1.29 is 28.3 Å². The summed E-state index contributed by atoms with van der Waals surface area (Å²) in [5.41, 5.74) is 5.99. The highest BCUT2D eigenvalue weighted by molar-refractivity contribution is 6.31. The average molecular weight is 714 g/mol. The van der Waals surface area contributed by atoms with Crippen LogP contribution < -0.4 is 11.1 Å². The molecule has 0 unspecified atom stereocenters. The van der Waals surface area contributed by atoms with Crippen LogP contribution in [0, 0.1) is 30.4 Å². The summed E-state index contributed by atoms with van der Waals surface area (Å²) in [5, 5.41) is 14.1. The van der Waals surface area contributed by atoms with Gasteiger partial charge in [0.15, 0.2) is 0 Å². The number of ketones is 1. The number of hydrogen-bond acceptors (Lipinski definition) is 6. The lowest BCUT2D eigenvalue weighted by Gasteiger charge is -2.15. The van der Waals surface area contributed by atoms with Gasteiger partial charge in [0.05, 0.1) is 11.1 Å². The first-order valence-electron chi connectivity index (χ1n) is 16.9. The summed E-state index contributed by atoms with van der Waals surface area (Å²) in [6, 6.07) is 11.1. The van der Waals surface area contributed by atoms with E-state index in [4.69, 9.17) is 16.4 Å². The highest BCUT2D eigenvalue weighted by Crippen LogP contribution is 2.19. The molecular formula is C39H66ClF2N3O4. The molecule has 49 heavy (non-hydrogen) atoms. The normalized spacial score (nSPS) is 10.2. The Morgan fingerprint density at radius 3 is 1.94 bits per heavy atom. The molecule has 0 spiro atoms. The molecule has 1 aromatic heterocycles. The first-order valence-corrected chi connectivity index (χ1v) is 17.2. The zero-order valence-electron chi connectivity index (χ0n) is 32.4. The second kappa shape index (κ2) is 37.5. The van der Waals surface area contributed by atoms with Crippen molar-refractivity contribution in [3.8, 4) is 0 Å². The van der Waals surface area contributed by atoms with Crippen molar-refractivity contribution in [1.82, 2.24) is 10.3 Å². The van der Waals surface area contributed by atoms with E-state index in [0.29, 0.717) is 11.5 Å². The number of carbonyl (C=O) groups is 3. The molecule has 0 saturated heterocycles. The van der Waals surface area contributed by atoms with E-state index < -0.39 is 5.82 Å². The van der Waals surface area contributed by atoms with Crippen LogP contribution in [0.2, 0.25) is 5.02 Å². The molecule has 7 nitrogen and oxygen atoms in total. The van der Waals surface area contributed by atoms with Crippen LogP contribution in [0.5, 0.6) is 0 Å². The Balaban J connectivity index is -0.000000170. The third-order valence-electron chi connectivity index (χ3n) is 5.83. The summed E-state index contributed by atoms with van der Waals surface area (Å²) in [5.74, 6) is 0.724. The quantitative estimate of drug-likeness (QED) is 0.214. The molecule has 0 saturated carbocycles. The van der Waals surface area contributed by atoms with E-state index in [1.54, 1.807) is 24.4 Å². The van der Waals surface area contributed by atoms with E-state index in [2.05, 4.69) is 43.7 Å². The third-order valence-corrected chi connectivity index (χ3v) is 6.25. The average Bonchev–Trinajstić information content (AvgIpc) is 3.08. The van der Waals surface area contributed by atoms with Gasteiger partial charge >= 0.3 is 0 Å². The molecule has 4 N–H and O–H groups in total. The number of nitrogens with two attached hydrogens (primary N) is 1. The van der Waals surface area contributed by atoms with Crippen molar-refractivity contribution in [1.29, 1.82) is 0 Å². The number of amides is 1. The third kappa shape index (κ3) is 34.4. The van der Waals surface area contributed by atoms with Crippen LogP contribution in [-0.2, 0) is 20.9 Å². The van der Waals surface area contributed by atoms with Gasteiger partial charge in [-0.25, -0.2) is 8.78 Å². The van der Waals surface area contributed by atoms with Gasteiger partial charge in [0.25, 0.3) is 0 Å². The number of aliphatic hydroxyl groups is 1. The largest absolute Gasteiger partial charge is 0.393 e. The number of aliphatic hydroxyl groups excluding tert-OH is 1. The number of aromatic nitrogens is 1. The highest BCUT2D eigenvalue weighted by atomic mass is 35.5. The Labute approximate surface area is 301 Å². The predicted molar refractivity (Wildman–Crippen MR) is 206 cm³/mol. The lowest BCUT2D eigenvalue weighted by atomic mass is 9.96. The van der Waals surface area contributed by atoms with Crippen molar-refractivity contribution >= 4 is 40.9 Å². The van der Waals surface area contributed by atoms with E-state index in [1.165, 1.54) is 52.4 Å². The first kappa shape index (κ1) is 55.2. The summed E-state index contributed by atoms with van der Waals surface area (Å²) in [6.45, 7) is 25.4. The Kier molecular flexibility index (Phi) is 42.3. The van der Waals surface area contributed by atoms with Gasteiger partial charge in [-0.1, -0.05) is 85.5 Å². The summed E-state index contributed by atoms with van der Waals surface area (Å²) in [4.78, 5) is 32.1. The first-order chi connectivity index (χ1) is 23.2. The van der Waals surface area contributed by atoms with Gasteiger partial charge in [-0.2, -0.15) is 0 Å². The second-order valence-electron chi connectivity index (χ2n) is 10.7. The van der Waals surface area contributed by atoms with Gasteiger partial charge < -0.3 is 25.7 Å². The van der Waals surface area contributed by atoms with Crippen LogP contribution in [0.25, 0.3) is 10.8 Å². The molecule has 0 aliphatic heterocycles. The number of pyridine rings is 1. The Bertz CT molecular complexity index is 1190. The number of hydrogen-bond donors (Lipinski definition) is 3. The van der Waals surface area contributed by atoms with Gasteiger partial charge in [-0.15, -0.1) is 0 Å². The maximum absolute atomic E-state index is 12.9. The van der Waals surface area contributed by atoms with Crippen LogP contribution in [-0.4, -0.2) is 41.7 Å². The van der Waals surface area contributed by atoms with Gasteiger partial charge in [0, 0.05) is 30.7 Å². The maximum atomic E-state index is 12.9. The van der Waals surface area contributed by atoms with Gasteiger partial charge in [0.2, 0.25) is 5.91 Å². The Hall–Kier alpha value is -3.27. The Morgan fingerprint density at radius 1 is 0.939 bits per heavy atom. The smallest absolute Gasteiger partial charge is 0.217 e. The predicted octanol–water partition coefficient (Wildman–Crippen LogP) is 10.1. The molecule has 2 aromatic carbocycles. The molecule has 1 amide bonds. The minimum atomic E-state index is -0.468. The molecule has 2 atom stereocenters. The molecule has 1 heterocycles. The Morgan fingerprint density at radius 2 is 1.47 bits per heavy atom. The van der Waals surface area contributed by atoms with Crippen molar-refractivity contribution in [2.24, 2.45) is 17.6 Å². The molecule has 282 valence electrons. The molecule has 0 bridgehead atoms. The molecule has 0 radical (unpaired) electrons. The van der Waals surface area contributed by atoms with E-state index in [1.807, 2.05) is 47.5 Å². The minimum Gasteiger partial charge on any atom is -0.393 e. The zero-order chi connectivity index (χ0) is 39.5. The van der Waals surface area contributed by atoms with Crippen LogP contribution in [0.4, 0.5) is 8.78 Å². The van der Waals surface area contributed by atoms with Crippen molar-refractivity contribution in [3.63, 3.8) is 0 Å². The number of benzene rings is 2. The molecule has 0 fully saturated rings. The summed E-state index contributed by atoms with van der Waals surface area (Å²) < 4.78 is 25.6. The minimum absolute atomic E-state index is 0.0660. The number of carbonyl (C=O) groups excluding carboxylic acids is 3. The van der Waals surface area contributed by atoms with Crippen molar-refractivity contribution in [2.45, 2.75) is 121 Å². The van der Waals surface area contributed by atoms with Gasteiger partial charge in [0.1, 0.15) is 24.2 Å². The fourth-order valence-corrected chi connectivity index (χ4v) is 3.59. The van der Waals surface area contributed by atoms with E-state index in [-0.39, 0.29) is 35.2 Å². The number of aryl methyl sites for hydroxylation is 1. The van der Waals surface area contributed by atoms with Crippen molar-refractivity contribution in [2.75, 3.05) is 7.05 Å². The second-order valence-corrected chi connectivity index (χ2v) is 11.1. The van der Waals surface area contributed by atoms with E-state index in [0.717, 1.165) is 41.6 Å². The number of nitrogens with zero attached hydrogens (tertiary/aromatic N) is 1. The van der Waals surface area contributed by atoms with E-state index in [9.17, 15) is 23.5 Å². The summed E-state index contributed by atoms with van der Waals surface area (Å²) in [6.07, 6.45) is 5.97. The molecule has 0 aliphatic carbocycles. The number of rotatable bonds is 8. The lowest BCUT2D eigenvalue weighted by Crippen LogP contribution is -2.19. The SMILES string of the molecule is C=O.CC.CC.CC(=O)NCc1cccc(F)c1Cl.CC(C)=O.CC[C@H](C)C[C@@H](O)CCC(C)C.CN.Cc1cc2cc(F)ccc2cn1. The van der Waals surface area contributed by atoms with E-state index >= 15 is 0 Å². The summed E-state index contributed by atoms with van der Waals surface area (Å²) >= 11 is 5.65. The molecular weight excluding hydrogens is 648 g/mol. The monoisotopic (exact) mass is 713 g/mol. The maximum Gasteiger partial charge on any atom is 0.217 e. The van der Waals surface area contributed by atoms with Gasteiger partial charge in [-0.05, 0) is 100 Å². The molecule has 10 heteroatoms. The fraction of sp³-hybridized carbons (Fsp3) is 0.538.